The van der Waals surface area contributed by atoms with Crippen LogP contribution in [0.2, 0.25) is 10.0 Å². The van der Waals surface area contributed by atoms with Crippen LogP contribution < -0.4 is 10.1 Å². The van der Waals surface area contributed by atoms with E-state index in [-0.39, 0.29) is 11.8 Å². The molecule has 0 aliphatic heterocycles. The van der Waals surface area contributed by atoms with E-state index in [1.807, 2.05) is 18.4 Å². The number of rotatable bonds is 10. The van der Waals surface area contributed by atoms with Gasteiger partial charge in [0.1, 0.15) is 18.4 Å². The summed E-state index contributed by atoms with van der Waals surface area (Å²) < 4.78 is 5.65. The minimum absolute atomic E-state index is 0.179. The minimum atomic E-state index is -0.642. The summed E-state index contributed by atoms with van der Waals surface area (Å²) in [6.07, 6.45) is 2.48. The normalized spacial score (nSPS) is 11.6. The summed E-state index contributed by atoms with van der Waals surface area (Å²) in [5.74, 6) is 0.766. The van der Waals surface area contributed by atoms with Gasteiger partial charge in [-0.2, -0.15) is 11.8 Å². The molecule has 2 rings (SSSR count). The largest absolute Gasteiger partial charge is 0.490 e. The highest BCUT2D eigenvalue weighted by Gasteiger charge is 2.24. The van der Waals surface area contributed by atoms with Crippen LogP contribution in [-0.2, 0) is 4.79 Å². The van der Waals surface area contributed by atoms with Gasteiger partial charge in [0.25, 0.3) is 5.91 Å². The van der Waals surface area contributed by atoms with Crippen molar-refractivity contribution in [2.75, 3.05) is 32.2 Å². The van der Waals surface area contributed by atoms with E-state index >= 15 is 0 Å². The van der Waals surface area contributed by atoms with E-state index in [4.69, 9.17) is 27.9 Å². The fraction of sp³-hybridized carbons (Fsp3) is 0.333. The zero-order valence-electron chi connectivity index (χ0n) is 16.4. The summed E-state index contributed by atoms with van der Waals surface area (Å²) in [6, 6.07) is 13.3. The molecule has 0 aromatic heterocycles. The molecule has 2 aromatic rings. The Bertz CT molecular complexity index is 835. The van der Waals surface area contributed by atoms with Gasteiger partial charge in [-0.25, -0.2) is 0 Å². The van der Waals surface area contributed by atoms with Gasteiger partial charge in [0.15, 0.2) is 0 Å². The zero-order valence-corrected chi connectivity index (χ0v) is 18.7. The lowest BCUT2D eigenvalue weighted by Gasteiger charge is -2.25. The molecule has 0 fully saturated rings. The Morgan fingerprint density at radius 3 is 2.41 bits per heavy atom. The second-order valence-electron chi connectivity index (χ2n) is 6.33. The molecule has 5 nitrogen and oxygen atoms in total. The maximum atomic E-state index is 12.9. The van der Waals surface area contributed by atoms with Crippen molar-refractivity contribution in [1.82, 2.24) is 10.2 Å². The van der Waals surface area contributed by atoms with Crippen molar-refractivity contribution >= 4 is 46.8 Å². The molecule has 1 N–H and O–H groups in total. The van der Waals surface area contributed by atoms with Crippen LogP contribution in [0.15, 0.2) is 48.5 Å². The number of hydrogen-bond donors (Lipinski definition) is 1. The number of benzene rings is 2. The average Bonchev–Trinajstić information content (AvgIpc) is 2.72. The first-order chi connectivity index (χ1) is 13.9. The average molecular weight is 455 g/mol. The van der Waals surface area contributed by atoms with E-state index in [9.17, 15) is 9.59 Å². The van der Waals surface area contributed by atoms with Crippen LogP contribution in [0.5, 0.6) is 5.75 Å². The van der Waals surface area contributed by atoms with Gasteiger partial charge in [0.2, 0.25) is 5.91 Å². The second-order valence-corrected chi connectivity index (χ2v) is 8.13. The number of carbonyl (C=O) groups excluding carboxylic acids is 2. The number of ether oxygens (including phenoxy) is 1. The van der Waals surface area contributed by atoms with E-state index in [1.165, 1.54) is 0 Å². The van der Waals surface area contributed by atoms with E-state index < -0.39 is 6.04 Å². The summed E-state index contributed by atoms with van der Waals surface area (Å²) in [5.41, 5.74) is 0.348. The Balaban J connectivity index is 1.96. The highest BCUT2D eigenvalue weighted by Crippen LogP contribution is 2.23. The highest BCUT2D eigenvalue weighted by atomic mass is 35.5. The van der Waals surface area contributed by atoms with Crippen LogP contribution >= 0.6 is 35.0 Å². The van der Waals surface area contributed by atoms with Gasteiger partial charge in [-0.05, 0) is 42.7 Å². The molecule has 1 atom stereocenters. The SMILES string of the molecule is CSCCC(NC(=O)c1ccccc1Cl)C(=O)N(C)CCOc1ccccc1Cl. The van der Waals surface area contributed by atoms with Gasteiger partial charge in [-0.3, -0.25) is 9.59 Å². The zero-order chi connectivity index (χ0) is 21.2. The quantitative estimate of drug-likeness (QED) is 0.578. The number of halogens is 2. The minimum Gasteiger partial charge on any atom is -0.490 e. The number of nitrogens with zero attached hydrogens (tertiary/aromatic N) is 1. The molecule has 0 bridgehead atoms. The van der Waals surface area contributed by atoms with Crippen LogP contribution in [0, 0.1) is 0 Å². The number of amides is 2. The van der Waals surface area contributed by atoms with Gasteiger partial charge in [-0.15, -0.1) is 0 Å². The van der Waals surface area contributed by atoms with Crippen molar-refractivity contribution < 1.29 is 14.3 Å². The Labute approximate surface area is 185 Å². The van der Waals surface area contributed by atoms with Crippen molar-refractivity contribution in [3.05, 3.63) is 64.1 Å². The molecule has 0 spiro atoms. The topological polar surface area (TPSA) is 58.6 Å². The third kappa shape index (κ3) is 7.14. The Morgan fingerprint density at radius 1 is 1.10 bits per heavy atom. The van der Waals surface area contributed by atoms with Gasteiger partial charge < -0.3 is 15.0 Å². The van der Waals surface area contributed by atoms with Crippen LogP contribution in [0.4, 0.5) is 0 Å². The molecule has 0 saturated heterocycles. The predicted octanol–water partition coefficient (Wildman–Crippen LogP) is 4.38. The van der Waals surface area contributed by atoms with E-state index in [0.29, 0.717) is 40.9 Å². The van der Waals surface area contributed by atoms with Crippen molar-refractivity contribution in [1.29, 1.82) is 0 Å². The third-order valence-corrected chi connectivity index (χ3v) is 5.52. The predicted molar refractivity (Wildman–Crippen MR) is 120 cm³/mol. The molecule has 0 heterocycles. The maximum Gasteiger partial charge on any atom is 0.253 e. The first-order valence-corrected chi connectivity index (χ1v) is 11.3. The molecule has 1 unspecified atom stereocenters. The summed E-state index contributed by atoms with van der Waals surface area (Å²) in [4.78, 5) is 27.0. The number of para-hydroxylation sites is 1. The van der Waals surface area contributed by atoms with Gasteiger partial charge >= 0.3 is 0 Å². The molecule has 0 radical (unpaired) electrons. The lowest BCUT2D eigenvalue weighted by atomic mass is 10.1. The molecule has 0 aliphatic rings. The van der Waals surface area contributed by atoms with Crippen molar-refractivity contribution in [2.45, 2.75) is 12.5 Å². The van der Waals surface area contributed by atoms with E-state index in [2.05, 4.69) is 5.32 Å². The fourth-order valence-electron chi connectivity index (χ4n) is 2.60. The van der Waals surface area contributed by atoms with Crippen molar-refractivity contribution in [3.8, 4) is 5.75 Å². The molecular formula is C21H24Cl2N2O3S. The summed E-state index contributed by atoms with van der Waals surface area (Å²) >= 11 is 13.8. The summed E-state index contributed by atoms with van der Waals surface area (Å²) in [6.45, 7) is 0.654. The summed E-state index contributed by atoms with van der Waals surface area (Å²) in [7, 11) is 1.69. The van der Waals surface area contributed by atoms with Gasteiger partial charge in [0, 0.05) is 7.05 Å². The lowest BCUT2D eigenvalue weighted by molar-refractivity contribution is -0.132. The molecule has 0 saturated carbocycles. The van der Waals surface area contributed by atoms with Crippen LogP contribution in [-0.4, -0.2) is 55.0 Å². The Hall–Kier alpha value is -1.89. The van der Waals surface area contributed by atoms with Gasteiger partial charge in [-0.1, -0.05) is 47.5 Å². The van der Waals surface area contributed by atoms with Gasteiger partial charge in [0.05, 0.1) is 22.2 Å². The number of carbonyl (C=O) groups is 2. The smallest absolute Gasteiger partial charge is 0.253 e. The first kappa shape index (κ1) is 23.4. The van der Waals surface area contributed by atoms with Crippen LogP contribution in [0.3, 0.4) is 0 Å². The fourth-order valence-corrected chi connectivity index (χ4v) is 3.49. The molecular weight excluding hydrogens is 431 g/mol. The number of hydrogen-bond acceptors (Lipinski definition) is 4. The maximum absolute atomic E-state index is 12.9. The standard InChI is InChI=1S/C21H24Cl2N2O3S/c1-25(12-13-28-19-10-6-5-9-17(19)23)21(27)18(11-14-29-2)24-20(26)15-7-3-4-8-16(15)22/h3-10,18H,11-14H2,1-2H3,(H,24,26). The van der Waals surface area contributed by atoms with Crippen LogP contribution in [0.25, 0.3) is 0 Å². The molecule has 0 aliphatic carbocycles. The number of thioether (sulfide) groups is 1. The number of nitrogens with one attached hydrogen (secondary N) is 1. The van der Waals surface area contributed by atoms with Crippen molar-refractivity contribution in [2.24, 2.45) is 0 Å². The van der Waals surface area contributed by atoms with E-state index in [0.717, 1.165) is 5.75 Å². The molecule has 8 heteroatoms. The molecule has 2 amide bonds. The first-order valence-electron chi connectivity index (χ1n) is 9.10. The van der Waals surface area contributed by atoms with Crippen LogP contribution in [0.1, 0.15) is 16.8 Å². The molecule has 2 aromatic carbocycles. The van der Waals surface area contributed by atoms with Crippen molar-refractivity contribution in [3.63, 3.8) is 0 Å². The third-order valence-electron chi connectivity index (χ3n) is 4.23. The van der Waals surface area contributed by atoms with E-state index in [1.54, 1.807) is 60.1 Å². The highest BCUT2D eigenvalue weighted by molar-refractivity contribution is 7.98. The number of likely N-dealkylation sites (N-methyl/N-ethyl adjacent to an activating group) is 1. The summed E-state index contributed by atoms with van der Waals surface area (Å²) in [5, 5.41) is 3.69. The Kier molecular flexibility index (Phi) is 9.64. The second kappa shape index (κ2) is 12.0. The Morgan fingerprint density at radius 2 is 1.76 bits per heavy atom. The molecule has 29 heavy (non-hydrogen) atoms. The monoisotopic (exact) mass is 454 g/mol. The lowest BCUT2D eigenvalue weighted by Crippen LogP contribution is -2.48. The molecule has 156 valence electrons.